The predicted molar refractivity (Wildman–Crippen MR) is 104 cm³/mol. The molecule has 0 bridgehead atoms. The number of hydrogen-bond donors (Lipinski definition) is 1. The van der Waals surface area contributed by atoms with E-state index in [0.29, 0.717) is 11.7 Å². The largest absolute Gasteiger partial charge is 0.497 e. The number of aryl methyl sites for hydroxylation is 1. The van der Waals surface area contributed by atoms with Crippen LogP contribution in [-0.2, 0) is 26.4 Å². The SMILES string of the molecule is COc1cccc(CNC2CCc3c(c(C(=O)N4CCCC4)nn3C)C2)c1. The average Bonchev–Trinajstić information content (AvgIpc) is 3.34. The molecule has 1 aromatic carbocycles. The number of rotatable bonds is 5. The Morgan fingerprint density at radius 1 is 1.33 bits per heavy atom. The van der Waals surface area contributed by atoms with E-state index in [1.54, 1.807) is 7.11 Å². The zero-order chi connectivity index (χ0) is 18.8. The highest BCUT2D eigenvalue weighted by molar-refractivity contribution is 5.94. The first-order valence-electron chi connectivity index (χ1n) is 9.86. The van der Waals surface area contributed by atoms with Crippen molar-refractivity contribution in [3.8, 4) is 5.75 Å². The Bertz CT molecular complexity index is 824. The summed E-state index contributed by atoms with van der Waals surface area (Å²) in [5, 5.41) is 8.25. The number of amides is 1. The summed E-state index contributed by atoms with van der Waals surface area (Å²) < 4.78 is 7.22. The van der Waals surface area contributed by atoms with Crippen LogP contribution in [0.4, 0.5) is 0 Å². The van der Waals surface area contributed by atoms with Gasteiger partial charge >= 0.3 is 0 Å². The van der Waals surface area contributed by atoms with Gasteiger partial charge in [0.15, 0.2) is 5.69 Å². The molecule has 1 fully saturated rings. The molecular weight excluding hydrogens is 340 g/mol. The van der Waals surface area contributed by atoms with Crippen molar-refractivity contribution in [2.45, 2.75) is 44.7 Å². The van der Waals surface area contributed by atoms with Gasteiger partial charge in [0.1, 0.15) is 5.75 Å². The van der Waals surface area contributed by atoms with Crippen molar-refractivity contribution in [3.63, 3.8) is 0 Å². The van der Waals surface area contributed by atoms with Crippen LogP contribution in [0.5, 0.6) is 5.75 Å². The van der Waals surface area contributed by atoms with Crippen molar-refractivity contribution in [1.29, 1.82) is 0 Å². The van der Waals surface area contributed by atoms with Crippen molar-refractivity contribution in [2.24, 2.45) is 7.05 Å². The number of aromatic nitrogens is 2. The quantitative estimate of drug-likeness (QED) is 0.880. The van der Waals surface area contributed by atoms with E-state index in [4.69, 9.17) is 4.74 Å². The van der Waals surface area contributed by atoms with Crippen molar-refractivity contribution >= 4 is 5.91 Å². The molecule has 144 valence electrons. The highest BCUT2D eigenvalue weighted by Crippen LogP contribution is 2.26. The number of fused-ring (bicyclic) bond motifs is 1. The van der Waals surface area contributed by atoms with Crippen LogP contribution in [0.3, 0.4) is 0 Å². The maximum Gasteiger partial charge on any atom is 0.274 e. The van der Waals surface area contributed by atoms with Gasteiger partial charge in [0.25, 0.3) is 5.91 Å². The molecule has 1 atom stereocenters. The summed E-state index contributed by atoms with van der Waals surface area (Å²) in [4.78, 5) is 14.9. The van der Waals surface area contributed by atoms with Gasteiger partial charge in [-0.05, 0) is 49.8 Å². The summed E-state index contributed by atoms with van der Waals surface area (Å²) in [6.07, 6.45) is 5.09. The van der Waals surface area contributed by atoms with Crippen LogP contribution < -0.4 is 10.1 Å². The lowest BCUT2D eigenvalue weighted by atomic mass is 9.91. The van der Waals surface area contributed by atoms with Crippen LogP contribution >= 0.6 is 0 Å². The fraction of sp³-hybridized carbons (Fsp3) is 0.524. The van der Waals surface area contributed by atoms with Gasteiger partial charge in [-0.2, -0.15) is 5.10 Å². The predicted octanol–water partition coefficient (Wildman–Crippen LogP) is 2.31. The first kappa shape index (κ1) is 18.0. The number of likely N-dealkylation sites (tertiary alicyclic amines) is 1. The van der Waals surface area contributed by atoms with Gasteiger partial charge in [-0.25, -0.2) is 0 Å². The molecule has 0 spiro atoms. The van der Waals surface area contributed by atoms with E-state index in [1.807, 2.05) is 28.8 Å². The molecule has 1 aliphatic carbocycles. The molecule has 6 heteroatoms. The number of methoxy groups -OCH3 is 1. The molecule has 27 heavy (non-hydrogen) atoms. The molecule has 1 unspecified atom stereocenters. The van der Waals surface area contributed by atoms with Gasteiger partial charge in [-0.3, -0.25) is 9.48 Å². The lowest BCUT2D eigenvalue weighted by Gasteiger charge is -2.25. The standard InChI is InChI=1S/C21H28N4O2/c1-24-19-9-8-16(22-14-15-6-5-7-17(12-15)27-2)13-18(19)20(23-24)21(26)25-10-3-4-11-25/h5-7,12,16,22H,3-4,8-11,13-14H2,1-2H3. The minimum atomic E-state index is 0.109. The van der Waals surface area contributed by atoms with Crippen molar-refractivity contribution < 1.29 is 9.53 Å². The monoisotopic (exact) mass is 368 g/mol. The summed E-state index contributed by atoms with van der Waals surface area (Å²) in [5.74, 6) is 0.990. The Labute approximate surface area is 160 Å². The molecule has 0 saturated carbocycles. The number of carbonyl (C=O) groups excluding carboxylic acids is 1. The third kappa shape index (κ3) is 3.72. The topological polar surface area (TPSA) is 59.4 Å². The van der Waals surface area contributed by atoms with Gasteiger partial charge in [-0.1, -0.05) is 12.1 Å². The van der Waals surface area contributed by atoms with E-state index >= 15 is 0 Å². The fourth-order valence-electron chi connectivity index (χ4n) is 4.25. The Morgan fingerprint density at radius 3 is 2.93 bits per heavy atom. The molecule has 2 aromatic rings. The van der Waals surface area contributed by atoms with E-state index in [-0.39, 0.29) is 5.91 Å². The summed E-state index contributed by atoms with van der Waals surface area (Å²) >= 11 is 0. The Balaban J connectivity index is 1.46. The van der Waals surface area contributed by atoms with Crippen LogP contribution in [0.2, 0.25) is 0 Å². The van der Waals surface area contributed by atoms with E-state index in [1.165, 1.54) is 11.3 Å². The summed E-state index contributed by atoms with van der Waals surface area (Å²) in [7, 11) is 3.65. The second-order valence-corrected chi connectivity index (χ2v) is 7.57. The van der Waals surface area contributed by atoms with Crippen molar-refractivity contribution in [3.05, 3.63) is 46.8 Å². The maximum atomic E-state index is 12.9. The second-order valence-electron chi connectivity index (χ2n) is 7.57. The number of benzene rings is 1. The number of hydrogen-bond acceptors (Lipinski definition) is 4. The molecule has 2 aliphatic rings. The Morgan fingerprint density at radius 2 is 2.15 bits per heavy atom. The highest BCUT2D eigenvalue weighted by atomic mass is 16.5. The molecule has 0 radical (unpaired) electrons. The molecule has 1 amide bonds. The van der Waals surface area contributed by atoms with Gasteiger partial charge in [-0.15, -0.1) is 0 Å². The lowest BCUT2D eigenvalue weighted by Crippen LogP contribution is -2.35. The van der Waals surface area contributed by atoms with E-state index in [0.717, 1.165) is 63.1 Å². The van der Waals surface area contributed by atoms with Crippen LogP contribution in [0, 0.1) is 0 Å². The minimum Gasteiger partial charge on any atom is -0.497 e. The molecule has 4 rings (SSSR count). The van der Waals surface area contributed by atoms with Crippen molar-refractivity contribution in [2.75, 3.05) is 20.2 Å². The van der Waals surface area contributed by atoms with Gasteiger partial charge in [0.2, 0.25) is 0 Å². The highest BCUT2D eigenvalue weighted by Gasteiger charge is 2.31. The maximum absolute atomic E-state index is 12.9. The average molecular weight is 368 g/mol. The molecule has 1 aromatic heterocycles. The van der Waals surface area contributed by atoms with Crippen LogP contribution in [0.15, 0.2) is 24.3 Å². The van der Waals surface area contributed by atoms with E-state index in [2.05, 4.69) is 22.5 Å². The number of nitrogens with one attached hydrogen (secondary N) is 1. The molecule has 1 N–H and O–H groups in total. The Kier molecular flexibility index (Phi) is 5.16. The third-order valence-corrected chi connectivity index (χ3v) is 5.78. The molecule has 1 aliphatic heterocycles. The number of carbonyl (C=O) groups is 1. The van der Waals surface area contributed by atoms with Gasteiger partial charge in [0.05, 0.1) is 7.11 Å². The summed E-state index contributed by atoms with van der Waals surface area (Å²) in [6.45, 7) is 2.52. The summed E-state index contributed by atoms with van der Waals surface area (Å²) in [6, 6.07) is 8.51. The lowest BCUT2D eigenvalue weighted by molar-refractivity contribution is 0.0785. The Hall–Kier alpha value is -2.34. The zero-order valence-corrected chi connectivity index (χ0v) is 16.2. The minimum absolute atomic E-state index is 0.109. The first-order valence-corrected chi connectivity index (χ1v) is 9.86. The van der Waals surface area contributed by atoms with Crippen LogP contribution in [0.1, 0.15) is 46.6 Å². The third-order valence-electron chi connectivity index (χ3n) is 5.78. The molecule has 2 heterocycles. The second kappa shape index (κ2) is 7.72. The fourth-order valence-corrected chi connectivity index (χ4v) is 4.25. The normalized spacial score (nSPS) is 19.2. The zero-order valence-electron chi connectivity index (χ0n) is 16.2. The van der Waals surface area contributed by atoms with E-state index < -0.39 is 0 Å². The molecule has 1 saturated heterocycles. The summed E-state index contributed by atoms with van der Waals surface area (Å²) in [5.41, 5.74) is 4.24. The van der Waals surface area contributed by atoms with E-state index in [9.17, 15) is 4.79 Å². The molecule has 6 nitrogen and oxygen atoms in total. The first-order chi connectivity index (χ1) is 13.2. The van der Waals surface area contributed by atoms with Gasteiger partial charge in [0, 0.05) is 44.0 Å². The van der Waals surface area contributed by atoms with Crippen molar-refractivity contribution in [1.82, 2.24) is 20.0 Å². The van der Waals surface area contributed by atoms with Gasteiger partial charge < -0.3 is 15.0 Å². The smallest absolute Gasteiger partial charge is 0.274 e. The van der Waals surface area contributed by atoms with Crippen LogP contribution in [0.25, 0.3) is 0 Å². The number of nitrogens with zero attached hydrogens (tertiary/aromatic N) is 3. The molecular formula is C21H28N4O2. The van der Waals surface area contributed by atoms with Crippen LogP contribution in [-0.4, -0.2) is 46.8 Å². The number of ether oxygens (including phenoxy) is 1.